The molecule has 0 amide bonds. The molecule has 0 saturated carbocycles. The number of nitrogens with zero attached hydrogens (tertiary/aromatic N) is 1. The first kappa shape index (κ1) is 37.6. The second kappa shape index (κ2) is 17.1. The summed E-state index contributed by atoms with van der Waals surface area (Å²) in [6.07, 6.45) is 2.77. The summed E-state index contributed by atoms with van der Waals surface area (Å²) in [5.74, 6) is -0.552. The number of esters is 1. The molecule has 0 radical (unpaired) electrons. The molecule has 0 saturated heterocycles. The summed E-state index contributed by atoms with van der Waals surface area (Å²) < 4.78 is 37.0. The molecule has 1 heterocycles. The number of hydrogen-bond donors (Lipinski definition) is 1. The lowest BCUT2D eigenvalue weighted by Crippen LogP contribution is -2.28. The van der Waals surface area contributed by atoms with Crippen LogP contribution in [-0.4, -0.2) is 32.1 Å². The molecule has 10 heteroatoms. The quantitative estimate of drug-likeness (QED) is 0.105. The van der Waals surface area contributed by atoms with Crippen molar-refractivity contribution < 1.29 is 17.9 Å². The Kier molecular flexibility index (Phi) is 12.4. The average molecular weight is 774 g/mol. The van der Waals surface area contributed by atoms with Gasteiger partial charge >= 0.3 is 5.97 Å². The number of aryl methyl sites for hydroxylation is 2. The van der Waals surface area contributed by atoms with E-state index in [0.29, 0.717) is 39.2 Å². The van der Waals surface area contributed by atoms with E-state index in [2.05, 4.69) is 39.6 Å². The Morgan fingerprint density at radius 3 is 2.04 bits per heavy atom. The van der Waals surface area contributed by atoms with E-state index in [1.807, 2.05) is 60.7 Å². The Balaban J connectivity index is 1.37. The molecule has 5 aromatic carbocycles. The SMILES string of the molecule is CCOC(=O)c1ccc(CCCc2c(CCNS(=O)(=O)Cc3ccc(Cl)c(Cl)c3)n(C(c3ccccc3)c3ccccc3)c3ccc(Cl)cc23)cc1. The first-order valence-electron chi connectivity index (χ1n) is 17.2. The van der Waals surface area contributed by atoms with E-state index in [4.69, 9.17) is 39.5 Å². The van der Waals surface area contributed by atoms with Crippen LogP contribution in [0.1, 0.15) is 63.3 Å². The second-order valence-corrected chi connectivity index (χ2v) is 15.7. The predicted octanol–water partition coefficient (Wildman–Crippen LogP) is 10.3. The minimum atomic E-state index is -3.70. The summed E-state index contributed by atoms with van der Waals surface area (Å²) in [5.41, 5.74) is 7.58. The predicted molar refractivity (Wildman–Crippen MR) is 212 cm³/mol. The lowest BCUT2D eigenvalue weighted by molar-refractivity contribution is 0.0526. The number of aromatic nitrogens is 1. The van der Waals surface area contributed by atoms with E-state index in [0.717, 1.165) is 58.1 Å². The summed E-state index contributed by atoms with van der Waals surface area (Å²) in [6.45, 7) is 2.31. The van der Waals surface area contributed by atoms with Gasteiger partial charge in [0.25, 0.3) is 0 Å². The van der Waals surface area contributed by atoms with Crippen molar-refractivity contribution in [1.29, 1.82) is 0 Å². The molecule has 1 N–H and O–H groups in total. The number of nitrogens with one attached hydrogen (secondary N) is 1. The second-order valence-electron chi connectivity index (χ2n) is 12.6. The zero-order valence-corrected chi connectivity index (χ0v) is 31.8. The molecule has 6 aromatic rings. The number of sulfonamides is 1. The van der Waals surface area contributed by atoms with Crippen molar-refractivity contribution in [2.45, 2.75) is 44.4 Å². The third-order valence-electron chi connectivity index (χ3n) is 9.05. The van der Waals surface area contributed by atoms with Crippen molar-refractivity contribution in [3.05, 3.63) is 175 Å². The van der Waals surface area contributed by atoms with Gasteiger partial charge in [0.05, 0.1) is 34.0 Å². The summed E-state index contributed by atoms with van der Waals surface area (Å²) in [7, 11) is -3.70. The van der Waals surface area contributed by atoms with Crippen molar-refractivity contribution in [2.24, 2.45) is 0 Å². The molecule has 0 bridgehead atoms. The molecule has 0 aliphatic rings. The zero-order chi connectivity index (χ0) is 36.7. The fourth-order valence-corrected chi connectivity index (χ4v) is 8.36. The summed E-state index contributed by atoms with van der Waals surface area (Å²) in [4.78, 5) is 12.2. The van der Waals surface area contributed by atoms with Crippen molar-refractivity contribution in [3.63, 3.8) is 0 Å². The number of halogens is 3. The zero-order valence-electron chi connectivity index (χ0n) is 28.7. The first-order chi connectivity index (χ1) is 25.1. The van der Waals surface area contributed by atoms with Crippen LogP contribution in [0.25, 0.3) is 10.9 Å². The lowest BCUT2D eigenvalue weighted by Gasteiger charge is -2.25. The average Bonchev–Trinajstić information content (AvgIpc) is 3.42. The van der Waals surface area contributed by atoms with Crippen molar-refractivity contribution in [3.8, 4) is 0 Å². The third kappa shape index (κ3) is 9.08. The highest BCUT2D eigenvalue weighted by atomic mass is 35.5. The topological polar surface area (TPSA) is 77.4 Å². The molecule has 268 valence electrons. The Bertz CT molecular complexity index is 2220. The fraction of sp³-hybridized carbons (Fsp3) is 0.214. The standard InChI is InChI=1S/C42H39Cl3N2O4S/c1-2-51-42(48)33-19-16-29(17-20-33)10-9-15-35-36-27-34(43)21-23-39(36)47(41(31-11-5-3-6-12-31)32-13-7-4-8-14-32)40(35)24-25-46-52(49,50)28-30-18-22-37(44)38(45)26-30/h3-8,11-14,16-23,26-27,41,46H,2,9-10,15,24-25,28H2,1H3. The van der Waals surface area contributed by atoms with Crippen LogP contribution in [0.3, 0.4) is 0 Å². The molecule has 0 fully saturated rings. The molecule has 52 heavy (non-hydrogen) atoms. The van der Waals surface area contributed by atoms with Crippen LogP contribution < -0.4 is 4.72 Å². The third-order valence-corrected chi connectivity index (χ3v) is 11.4. The maximum Gasteiger partial charge on any atom is 0.338 e. The minimum Gasteiger partial charge on any atom is -0.462 e. The van der Waals surface area contributed by atoms with Gasteiger partial charge in [0.2, 0.25) is 10.0 Å². The van der Waals surface area contributed by atoms with Crippen LogP contribution in [0.4, 0.5) is 0 Å². The van der Waals surface area contributed by atoms with Gasteiger partial charge in [-0.15, -0.1) is 0 Å². The van der Waals surface area contributed by atoms with Gasteiger partial charge in [0, 0.05) is 34.6 Å². The van der Waals surface area contributed by atoms with E-state index in [-0.39, 0.29) is 24.3 Å². The number of rotatable bonds is 15. The van der Waals surface area contributed by atoms with E-state index in [1.54, 1.807) is 37.3 Å². The molecule has 6 rings (SSSR count). The molecule has 0 unspecified atom stereocenters. The maximum atomic E-state index is 13.3. The van der Waals surface area contributed by atoms with Crippen molar-refractivity contribution in [2.75, 3.05) is 13.2 Å². The molecule has 0 aliphatic heterocycles. The van der Waals surface area contributed by atoms with Gasteiger partial charge in [0.15, 0.2) is 0 Å². The van der Waals surface area contributed by atoms with Crippen molar-refractivity contribution >= 4 is 61.7 Å². The van der Waals surface area contributed by atoms with Gasteiger partial charge in [-0.3, -0.25) is 0 Å². The van der Waals surface area contributed by atoms with Crippen LogP contribution in [0, 0.1) is 0 Å². The first-order valence-corrected chi connectivity index (χ1v) is 20.0. The highest BCUT2D eigenvalue weighted by molar-refractivity contribution is 7.88. The van der Waals surface area contributed by atoms with Gasteiger partial charge in [-0.05, 0) is 96.5 Å². The van der Waals surface area contributed by atoms with E-state index in [1.165, 1.54) is 0 Å². The summed E-state index contributed by atoms with van der Waals surface area (Å²) >= 11 is 18.9. The largest absolute Gasteiger partial charge is 0.462 e. The van der Waals surface area contributed by atoms with Gasteiger partial charge in [-0.25, -0.2) is 17.9 Å². The monoisotopic (exact) mass is 772 g/mol. The Labute approximate surface area is 320 Å². The molecule has 1 aromatic heterocycles. The molecule has 0 atom stereocenters. The van der Waals surface area contributed by atoms with Gasteiger partial charge in [-0.2, -0.15) is 0 Å². The highest BCUT2D eigenvalue weighted by Crippen LogP contribution is 2.38. The van der Waals surface area contributed by atoms with Gasteiger partial charge in [0.1, 0.15) is 0 Å². The molecular weight excluding hydrogens is 735 g/mol. The number of hydrogen-bond acceptors (Lipinski definition) is 4. The van der Waals surface area contributed by atoms with Gasteiger partial charge < -0.3 is 9.30 Å². The van der Waals surface area contributed by atoms with E-state index < -0.39 is 10.0 Å². The number of carbonyl (C=O) groups excluding carboxylic acids is 1. The Morgan fingerprint density at radius 1 is 0.750 bits per heavy atom. The van der Waals surface area contributed by atoms with Crippen molar-refractivity contribution in [1.82, 2.24) is 9.29 Å². The normalized spacial score (nSPS) is 11.7. The molecule has 6 nitrogen and oxygen atoms in total. The van der Waals surface area contributed by atoms with E-state index >= 15 is 0 Å². The fourth-order valence-electron chi connectivity index (χ4n) is 6.73. The highest BCUT2D eigenvalue weighted by Gasteiger charge is 2.26. The van der Waals surface area contributed by atoms with Crippen LogP contribution in [0.2, 0.25) is 15.1 Å². The summed E-state index contributed by atoms with van der Waals surface area (Å²) in [6, 6.07) is 38.9. The minimum absolute atomic E-state index is 0.182. The van der Waals surface area contributed by atoms with Crippen LogP contribution in [0.15, 0.2) is 121 Å². The van der Waals surface area contributed by atoms with Gasteiger partial charge in [-0.1, -0.05) is 114 Å². The van der Waals surface area contributed by atoms with Crippen LogP contribution >= 0.6 is 34.8 Å². The lowest BCUT2D eigenvalue weighted by atomic mass is 9.97. The molecular formula is C42H39Cl3N2O4S. The summed E-state index contributed by atoms with van der Waals surface area (Å²) in [5, 5.41) is 2.35. The van der Waals surface area contributed by atoms with Crippen LogP contribution in [0.5, 0.6) is 0 Å². The van der Waals surface area contributed by atoms with Crippen LogP contribution in [-0.2, 0) is 39.8 Å². The number of ether oxygens (including phenoxy) is 1. The number of fused-ring (bicyclic) bond motifs is 1. The Morgan fingerprint density at radius 2 is 1.40 bits per heavy atom. The smallest absolute Gasteiger partial charge is 0.338 e. The maximum absolute atomic E-state index is 13.3. The number of carbonyl (C=O) groups is 1. The molecule has 0 spiro atoms. The van der Waals surface area contributed by atoms with E-state index in [9.17, 15) is 13.2 Å². The molecule has 0 aliphatic carbocycles. The number of benzene rings is 5. The Hall–Kier alpha value is -4.11.